The molecule has 0 radical (unpaired) electrons. The molecule has 1 aliphatic rings. The number of aliphatic imine (C=N–C) groups is 1. The molecule has 1 unspecified atom stereocenters. The molecule has 1 aromatic carbocycles. The number of pyridine rings is 1. The van der Waals surface area contributed by atoms with Crippen molar-refractivity contribution in [1.82, 2.24) is 4.98 Å². The third-order valence-electron chi connectivity index (χ3n) is 3.62. The molecule has 0 amide bonds. The lowest BCUT2D eigenvalue weighted by Gasteiger charge is -2.36. The van der Waals surface area contributed by atoms with Crippen LogP contribution in [0.25, 0.3) is 0 Å². The van der Waals surface area contributed by atoms with Crippen LogP contribution in [0.1, 0.15) is 12.5 Å². The van der Waals surface area contributed by atoms with Gasteiger partial charge in [0.15, 0.2) is 5.96 Å². The Morgan fingerprint density at radius 1 is 1.30 bits per heavy atom. The van der Waals surface area contributed by atoms with E-state index >= 15 is 0 Å². The minimum absolute atomic E-state index is 0.306. The molecule has 0 saturated carbocycles. The smallest absolute Gasteiger partial charge is 0.196 e. The highest BCUT2D eigenvalue weighted by Gasteiger charge is 2.40. The van der Waals surface area contributed by atoms with Gasteiger partial charge in [-0.15, -0.1) is 0 Å². The molecule has 2 aromatic rings. The van der Waals surface area contributed by atoms with Crippen LogP contribution in [0.3, 0.4) is 0 Å². The molecule has 0 spiro atoms. The van der Waals surface area contributed by atoms with Crippen molar-refractivity contribution in [3.63, 3.8) is 0 Å². The van der Waals surface area contributed by atoms with E-state index in [2.05, 4.69) is 43.8 Å². The van der Waals surface area contributed by atoms with E-state index in [1.54, 1.807) is 6.20 Å². The molecular weight excluding hydrogens is 316 g/mol. The second-order valence-corrected chi connectivity index (χ2v) is 5.92. The number of aromatic nitrogens is 1. The first kappa shape index (κ1) is 13.1. The lowest BCUT2D eigenvalue weighted by Crippen LogP contribution is -2.47. The van der Waals surface area contributed by atoms with Crippen LogP contribution in [0.4, 0.5) is 5.69 Å². The first-order valence-corrected chi connectivity index (χ1v) is 7.17. The number of rotatable bonds is 2. The average Bonchev–Trinajstić information content (AvgIpc) is 2.77. The van der Waals surface area contributed by atoms with Crippen molar-refractivity contribution < 1.29 is 0 Å². The summed E-state index contributed by atoms with van der Waals surface area (Å²) in [5.74, 6) is 0.537. The van der Waals surface area contributed by atoms with Crippen LogP contribution in [-0.4, -0.2) is 17.5 Å². The second-order valence-electron chi connectivity index (χ2n) is 5.01. The third kappa shape index (κ3) is 2.08. The zero-order valence-electron chi connectivity index (χ0n) is 11.1. The van der Waals surface area contributed by atoms with E-state index in [0.717, 1.165) is 15.7 Å². The standard InChI is InChI=1S/C15H15BrN4/c1-15(11-4-3-7-18-9-11)10-19-14(17)20(15)13-6-2-5-12(16)8-13/h2-9H,10H2,1H3,(H2,17,19). The largest absolute Gasteiger partial charge is 0.369 e. The predicted molar refractivity (Wildman–Crippen MR) is 84.7 cm³/mol. The Bertz CT molecular complexity index is 656. The van der Waals surface area contributed by atoms with Crippen LogP contribution in [-0.2, 0) is 5.54 Å². The Labute approximate surface area is 126 Å². The van der Waals surface area contributed by atoms with E-state index < -0.39 is 0 Å². The molecule has 0 fully saturated rings. The van der Waals surface area contributed by atoms with Crippen LogP contribution in [0, 0.1) is 0 Å². The minimum atomic E-state index is -0.306. The molecule has 3 rings (SSSR count). The summed E-state index contributed by atoms with van der Waals surface area (Å²) in [6.45, 7) is 2.76. The summed E-state index contributed by atoms with van der Waals surface area (Å²) in [6.07, 6.45) is 3.65. The molecule has 0 bridgehead atoms. The molecule has 20 heavy (non-hydrogen) atoms. The first-order valence-electron chi connectivity index (χ1n) is 6.37. The van der Waals surface area contributed by atoms with E-state index in [1.807, 2.05) is 36.5 Å². The van der Waals surface area contributed by atoms with Gasteiger partial charge in [0.1, 0.15) is 0 Å². The Balaban J connectivity index is 2.09. The first-order chi connectivity index (χ1) is 9.61. The number of anilines is 1. The van der Waals surface area contributed by atoms with E-state index in [9.17, 15) is 0 Å². The van der Waals surface area contributed by atoms with Gasteiger partial charge >= 0.3 is 0 Å². The number of halogens is 1. The fraction of sp³-hybridized carbons (Fsp3) is 0.200. The molecule has 5 heteroatoms. The van der Waals surface area contributed by atoms with Crippen molar-refractivity contribution in [2.45, 2.75) is 12.5 Å². The summed E-state index contributed by atoms with van der Waals surface area (Å²) in [5.41, 5.74) is 7.93. The highest BCUT2D eigenvalue weighted by Crippen LogP contribution is 2.37. The summed E-state index contributed by atoms with van der Waals surface area (Å²) in [4.78, 5) is 10.7. The Morgan fingerprint density at radius 3 is 2.85 bits per heavy atom. The molecule has 1 aromatic heterocycles. The molecule has 0 aliphatic carbocycles. The van der Waals surface area contributed by atoms with Crippen LogP contribution >= 0.6 is 15.9 Å². The van der Waals surface area contributed by atoms with Gasteiger partial charge in [-0.1, -0.05) is 28.1 Å². The number of guanidine groups is 1. The zero-order valence-corrected chi connectivity index (χ0v) is 12.7. The monoisotopic (exact) mass is 330 g/mol. The van der Waals surface area contributed by atoms with Crippen LogP contribution in [0.5, 0.6) is 0 Å². The number of nitrogens with two attached hydrogens (primary N) is 1. The van der Waals surface area contributed by atoms with Gasteiger partial charge < -0.3 is 10.6 Å². The molecule has 2 N–H and O–H groups in total. The zero-order chi connectivity index (χ0) is 14.2. The van der Waals surface area contributed by atoms with Gasteiger partial charge in [0, 0.05) is 22.6 Å². The lowest BCUT2D eigenvalue weighted by molar-refractivity contribution is 0.530. The summed E-state index contributed by atoms with van der Waals surface area (Å²) >= 11 is 3.50. The number of hydrogen-bond donors (Lipinski definition) is 1. The SMILES string of the molecule is CC1(c2cccnc2)CN=C(N)N1c1cccc(Br)c1. The van der Waals surface area contributed by atoms with Gasteiger partial charge in [-0.05, 0) is 36.8 Å². The highest BCUT2D eigenvalue weighted by molar-refractivity contribution is 9.10. The Hall–Kier alpha value is -1.88. The van der Waals surface area contributed by atoms with Gasteiger partial charge in [-0.25, -0.2) is 0 Å². The maximum atomic E-state index is 6.11. The minimum Gasteiger partial charge on any atom is -0.369 e. The van der Waals surface area contributed by atoms with Gasteiger partial charge in [0.05, 0.1) is 12.1 Å². The maximum absolute atomic E-state index is 6.11. The van der Waals surface area contributed by atoms with Crippen molar-refractivity contribution in [3.8, 4) is 0 Å². The van der Waals surface area contributed by atoms with E-state index in [1.165, 1.54) is 0 Å². The molecular formula is C15H15BrN4. The molecule has 102 valence electrons. The van der Waals surface area contributed by atoms with E-state index in [0.29, 0.717) is 12.5 Å². The van der Waals surface area contributed by atoms with Crippen molar-refractivity contribution in [2.24, 2.45) is 10.7 Å². The third-order valence-corrected chi connectivity index (χ3v) is 4.11. The molecule has 4 nitrogen and oxygen atoms in total. The maximum Gasteiger partial charge on any atom is 0.196 e. The van der Waals surface area contributed by atoms with E-state index in [4.69, 9.17) is 5.73 Å². The van der Waals surface area contributed by atoms with Crippen molar-refractivity contribution in [1.29, 1.82) is 0 Å². The van der Waals surface area contributed by atoms with Gasteiger partial charge in [0.2, 0.25) is 0 Å². The molecule has 2 heterocycles. The van der Waals surface area contributed by atoms with Gasteiger partial charge in [-0.3, -0.25) is 9.98 Å². The number of nitrogens with zero attached hydrogens (tertiary/aromatic N) is 3. The number of benzene rings is 1. The van der Waals surface area contributed by atoms with E-state index in [-0.39, 0.29) is 5.54 Å². The lowest BCUT2D eigenvalue weighted by atomic mass is 9.92. The van der Waals surface area contributed by atoms with Crippen molar-refractivity contribution >= 4 is 27.6 Å². The molecule has 1 atom stereocenters. The van der Waals surface area contributed by atoms with Crippen molar-refractivity contribution in [2.75, 3.05) is 11.4 Å². The number of hydrogen-bond acceptors (Lipinski definition) is 4. The Kier molecular flexibility index (Phi) is 3.22. The van der Waals surface area contributed by atoms with Gasteiger partial charge in [0.25, 0.3) is 0 Å². The second kappa shape index (κ2) is 4.90. The quantitative estimate of drug-likeness (QED) is 0.921. The summed E-state index contributed by atoms with van der Waals surface area (Å²) < 4.78 is 1.02. The Morgan fingerprint density at radius 2 is 2.15 bits per heavy atom. The molecule has 0 saturated heterocycles. The van der Waals surface area contributed by atoms with Crippen molar-refractivity contribution in [3.05, 3.63) is 58.8 Å². The topological polar surface area (TPSA) is 54.5 Å². The summed E-state index contributed by atoms with van der Waals surface area (Å²) in [5, 5.41) is 0. The van der Waals surface area contributed by atoms with Crippen LogP contribution < -0.4 is 10.6 Å². The predicted octanol–water partition coefficient (Wildman–Crippen LogP) is 2.89. The summed E-state index contributed by atoms with van der Waals surface area (Å²) in [6, 6.07) is 12.1. The van der Waals surface area contributed by atoms with Gasteiger partial charge in [-0.2, -0.15) is 0 Å². The average molecular weight is 331 g/mol. The molecule has 1 aliphatic heterocycles. The fourth-order valence-electron chi connectivity index (χ4n) is 2.56. The summed E-state index contributed by atoms with van der Waals surface area (Å²) in [7, 11) is 0. The van der Waals surface area contributed by atoms with Crippen LogP contribution in [0.15, 0.2) is 58.3 Å². The fourth-order valence-corrected chi connectivity index (χ4v) is 2.95. The highest BCUT2D eigenvalue weighted by atomic mass is 79.9. The van der Waals surface area contributed by atoms with Crippen LogP contribution in [0.2, 0.25) is 0 Å². The normalized spacial score (nSPS) is 21.9.